The summed E-state index contributed by atoms with van der Waals surface area (Å²) in [4.78, 5) is 0. The van der Waals surface area contributed by atoms with Gasteiger partial charge in [0.25, 0.3) is 0 Å². The van der Waals surface area contributed by atoms with E-state index in [0.717, 1.165) is 34.4 Å². The molecule has 8 heteroatoms. The first kappa shape index (κ1) is 23.6. The molecule has 3 aromatic rings. The number of nitrogens with two attached hydrogens (primary N) is 2. The van der Waals surface area contributed by atoms with Gasteiger partial charge in [0.1, 0.15) is 30.5 Å². The van der Waals surface area contributed by atoms with Crippen molar-refractivity contribution in [3.63, 3.8) is 0 Å². The first-order chi connectivity index (χ1) is 15.6. The van der Waals surface area contributed by atoms with Crippen LogP contribution in [0.25, 0.3) is 10.8 Å². The van der Waals surface area contributed by atoms with Crippen molar-refractivity contribution in [2.75, 3.05) is 31.8 Å². The summed E-state index contributed by atoms with van der Waals surface area (Å²) in [6, 6.07) is 19.4. The molecule has 0 fully saturated rings. The van der Waals surface area contributed by atoms with Crippen LogP contribution in [-0.2, 0) is 6.42 Å². The molecule has 0 aromatic heterocycles. The van der Waals surface area contributed by atoms with Crippen LogP contribution in [0.3, 0.4) is 0 Å². The first-order valence-electron chi connectivity index (χ1n) is 10.3. The molecule has 0 saturated heterocycles. The summed E-state index contributed by atoms with van der Waals surface area (Å²) in [5.74, 6) is 9.13. The van der Waals surface area contributed by atoms with Crippen molar-refractivity contribution in [3.05, 3.63) is 66.2 Å². The Balaban J connectivity index is 1.48. The molecule has 1 atom stereocenters. The zero-order valence-corrected chi connectivity index (χ0v) is 18.9. The lowest BCUT2D eigenvalue weighted by molar-refractivity contribution is 0.126. The number of nitrogens with zero attached hydrogens (tertiary/aromatic N) is 1. The molecule has 5 N–H and O–H groups in total. The van der Waals surface area contributed by atoms with Gasteiger partial charge in [-0.25, -0.2) is 0 Å². The fraction of sp³-hybridized carbons (Fsp3) is 0.292. The van der Waals surface area contributed by atoms with E-state index in [0.29, 0.717) is 11.5 Å². The standard InChI is InChI=1S/C24H29N3O4S/c1-29-19-8-10-20(11-9-19)30-14-18(28)16-32-13-12-17-4-2-6-22-21(17)5-3-7-23(22)31-15-24(25)27-26/h2-11,18,28H,12-16,26H2,1H3,(H2,25,27). The van der Waals surface area contributed by atoms with E-state index in [4.69, 9.17) is 25.8 Å². The molecule has 7 nitrogen and oxygen atoms in total. The van der Waals surface area contributed by atoms with Gasteiger partial charge >= 0.3 is 0 Å². The number of methoxy groups -OCH3 is 1. The highest BCUT2D eigenvalue weighted by Crippen LogP contribution is 2.29. The van der Waals surface area contributed by atoms with E-state index in [1.807, 2.05) is 48.5 Å². The monoisotopic (exact) mass is 455 g/mol. The van der Waals surface area contributed by atoms with Crippen molar-refractivity contribution in [3.8, 4) is 17.2 Å². The predicted octanol–water partition coefficient (Wildman–Crippen LogP) is 3.17. The Kier molecular flexibility index (Phi) is 8.89. The second-order valence-corrected chi connectivity index (χ2v) is 8.29. The lowest BCUT2D eigenvalue weighted by Crippen LogP contribution is -2.22. The maximum Gasteiger partial charge on any atom is 0.157 e. The number of thioether (sulfide) groups is 1. The molecule has 0 saturated carbocycles. The summed E-state index contributed by atoms with van der Waals surface area (Å²) in [7, 11) is 1.62. The van der Waals surface area contributed by atoms with E-state index in [-0.39, 0.29) is 19.0 Å². The van der Waals surface area contributed by atoms with Gasteiger partial charge in [0.05, 0.1) is 13.2 Å². The molecule has 0 aliphatic rings. The van der Waals surface area contributed by atoms with Crippen LogP contribution < -0.4 is 25.8 Å². The van der Waals surface area contributed by atoms with E-state index in [1.54, 1.807) is 18.9 Å². The number of benzene rings is 3. The van der Waals surface area contributed by atoms with E-state index in [2.05, 4.69) is 17.2 Å². The molecule has 170 valence electrons. The van der Waals surface area contributed by atoms with Crippen LogP contribution in [0.1, 0.15) is 5.56 Å². The number of hydrogen-bond acceptors (Lipinski definition) is 7. The molecule has 0 heterocycles. The molecule has 1 unspecified atom stereocenters. The van der Waals surface area contributed by atoms with Crippen LogP contribution in [0.15, 0.2) is 65.8 Å². The van der Waals surface area contributed by atoms with Gasteiger partial charge in [-0.1, -0.05) is 30.3 Å². The third-order valence-electron chi connectivity index (χ3n) is 4.84. The van der Waals surface area contributed by atoms with E-state index in [9.17, 15) is 5.11 Å². The normalized spacial score (nSPS) is 12.5. The molecule has 0 amide bonds. The minimum Gasteiger partial charge on any atom is -0.497 e. The van der Waals surface area contributed by atoms with Crippen molar-refractivity contribution in [2.45, 2.75) is 12.5 Å². The number of aliphatic hydroxyl groups excluding tert-OH is 1. The highest BCUT2D eigenvalue weighted by atomic mass is 32.2. The summed E-state index contributed by atoms with van der Waals surface area (Å²) in [5, 5.41) is 15.8. The van der Waals surface area contributed by atoms with Crippen molar-refractivity contribution >= 4 is 28.4 Å². The van der Waals surface area contributed by atoms with E-state index >= 15 is 0 Å². The third-order valence-corrected chi connectivity index (χ3v) is 5.95. The molecule has 32 heavy (non-hydrogen) atoms. The minimum atomic E-state index is -0.538. The molecule has 0 aliphatic carbocycles. The number of aliphatic hydroxyl groups is 1. The maximum absolute atomic E-state index is 10.2. The Morgan fingerprint density at radius 2 is 1.72 bits per heavy atom. The number of aryl methyl sites for hydroxylation is 1. The highest BCUT2D eigenvalue weighted by Gasteiger charge is 2.09. The second-order valence-electron chi connectivity index (χ2n) is 7.14. The van der Waals surface area contributed by atoms with Crippen molar-refractivity contribution in [1.82, 2.24) is 0 Å². The predicted molar refractivity (Wildman–Crippen MR) is 131 cm³/mol. The lowest BCUT2D eigenvalue weighted by atomic mass is 10.0. The Labute approximate surface area is 192 Å². The summed E-state index contributed by atoms with van der Waals surface area (Å²) < 4.78 is 16.5. The summed E-state index contributed by atoms with van der Waals surface area (Å²) in [6.45, 7) is 0.399. The van der Waals surface area contributed by atoms with Gasteiger partial charge in [0.15, 0.2) is 5.84 Å². The fourth-order valence-corrected chi connectivity index (χ4v) is 4.09. The second kappa shape index (κ2) is 12.1. The van der Waals surface area contributed by atoms with Gasteiger partial charge in [0, 0.05) is 11.1 Å². The van der Waals surface area contributed by atoms with Crippen LogP contribution in [0.4, 0.5) is 0 Å². The minimum absolute atomic E-state index is 0.145. The molecule has 0 radical (unpaired) electrons. The van der Waals surface area contributed by atoms with Crippen molar-refractivity contribution in [1.29, 1.82) is 0 Å². The van der Waals surface area contributed by atoms with Gasteiger partial charge in [-0.15, -0.1) is 0 Å². The first-order valence-corrected chi connectivity index (χ1v) is 11.4. The molecule has 0 aliphatic heterocycles. The lowest BCUT2D eigenvalue weighted by Gasteiger charge is -2.13. The van der Waals surface area contributed by atoms with Crippen LogP contribution in [0.2, 0.25) is 0 Å². The van der Waals surface area contributed by atoms with Crippen molar-refractivity contribution in [2.24, 2.45) is 16.7 Å². The van der Waals surface area contributed by atoms with Crippen LogP contribution in [0, 0.1) is 0 Å². The van der Waals surface area contributed by atoms with E-state index in [1.165, 1.54) is 5.56 Å². The summed E-state index contributed by atoms with van der Waals surface area (Å²) >= 11 is 1.70. The van der Waals surface area contributed by atoms with Gasteiger partial charge in [0.2, 0.25) is 0 Å². The maximum atomic E-state index is 10.2. The molecule has 0 bridgehead atoms. The number of rotatable bonds is 12. The van der Waals surface area contributed by atoms with Gasteiger partial charge < -0.3 is 30.9 Å². The van der Waals surface area contributed by atoms with Crippen LogP contribution in [-0.4, -0.2) is 48.9 Å². The average Bonchev–Trinajstić information content (AvgIpc) is 2.84. The third kappa shape index (κ3) is 6.70. The van der Waals surface area contributed by atoms with Crippen molar-refractivity contribution < 1.29 is 19.3 Å². The highest BCUT2D eigenvalue weighted by molar-refractivity contribution is 7.99. The Morgan fingerprint density at radius 1 is 1.00 bits per heavy atom. The molecular formula is C24H29N3O4S. The zero-order valence-electron chi connectivity index (χ0n) is 18.1. The van der Waals surface area contributed by atoms with Crippen LogP contribution in [0.5, 0.6) is 17.2 Å². The quantitative estimate of drug-likeness (QED) is 0.126. The molecule has 3 rings (SSSR count). The number of amidine groups is 1. The van der Waals surface area contributed by atoms with Gasteiger partial charge in [-0.05, 0) is 53.5 Å². The van der Waals surface area contributed by atoms with Gasteiger partial charge in [-0.2, -0.15) is 16.9 Å². The fourth-order valence-electron chi connectivity index (χ4n) is 3.19. The van der Waals surface area contributed by atoms with E-state index < -0.39 is 6.10 Å². The Morgan fingerprint density at radius 3 is 2.47 bits per heavy atom. The summed E-state index contributed by atoms with van der Waals surface area (Å²) in [5.41, 5.74) is 6.86. The largest absolute Gasteiger partial charge is 0.497 e. The van der Waals surface area contributed by atoms with Gasteiger partial charge in [-0.3, -0.25) is 0 Å². The van der Waals surface area contributed by atoms with Crippen LogP contribution >= 0.6 is 11.8 Å². The average molecular weight is 456 g/mol. The number of ether oxygens (including phenoxy) is 3. The topological polar surface area (TPSA) is 112 Å². The SMILES string of the molecule is COc1ccc(OCC(O)CSCCc2cccc3c(OC/C(N)=N/N)cccc23)cc1. The molecular weight excluding hydrogens is 426 g/mol. The summed E-state index contributed by atoms with van der Waals surface area (Å²) in [6.07, 6.45) is 0.341. The molecule has 3 aromatic carbocycles. The number of fused-ring (bicyclic) bond motifs is 1. The zero-order chi connectivity index (χ0) is 22.8. The Hall–Kier alpha value is -3.10. The smallest absolute Gasteiger partial charge is 0.157 e. The number of hydrazone groups is 1. The Bertz CT molecular complexity index is 1030. The molecule has 0 spiro atoms. The number of hydrogen-bond donors (Lipinski definition) is 3.